The standard InChI is InChI=1S/C18H17N3O3S2/c22-17(20-18-19-14-9-4-5-11-16(14)25-18)15-10-6-12-21(15)26(23,24)13-7-2-1-3-8-13/h1-5,7-9,11,15H,6,10,12H2,(H,19,20,22)/t15-/m1/s1. The van der Waals surface area contributed by atoms with Gasteiger partial charge in [-0.05, 0) is 37.1 Å². The largest absolute Gasteiger partial charge is 0.301 e. The molecule has 1 aliphatic rings. The summed E-state index contributed by atoms with van der Waals surface area (Å²) in [7, 11) is -3.69. The summed E-state index contributed by atoms with van der Waals surface area (Å²) >= 11 is 1.38. The lowest BCUT2D eigenvalue weighted by molar-refractivity contribution is -0.119. The Morgan fingerprint density at radius 2 is 1.85 bits per heavy atom. The van der Waals surface area contributed by atoms with E-state index in [1.54, 1.807) is 30.3 Å². The fourth-order valence-corrected chi connectivity index (χ4v) is 5.68. The van der Waals surface area contributed by atoms with Gasteiger partial charge in [-0.25, -0.2) is 13.4 Å². The first kappa shape index (κ1) is 17.1. The van der Waals surface area contributed by atoms with Gasteiger partial charge in [0.05, 0.1) is 15.1 Å². The van der Waals surface area contributed by atoms with Crippen molar-refractivity contribution in [3.8, 4) is 0 Å². The smallest absolute Gasteiger partial charge is 0.244 e. The predicted octanol–water partition coefficient (Wildman–Crippen LogP) is 3.09. The number of thiazole rings is 1. The highest BCUT2D eigenvalue weighted by atomic mass is 32.2. The van der Waals surface area contributed by atoms with E-state index in [1.165, 1.54) is 15.6 Å². The van der Waals surface area contributed by atoms with Crippen LogP contribution in [0, 0.1) is 0 Å². The Hall–Kier alpha value is -2.29. The highest BCUT2D eigenvalue weighted by Gasteiger charge is 2.39. The number of hydrogen-bond donors (Lipinski definition) is 1. The van der Waals surface area contributed by atoms with E-state index in [9.17, 15) is 13.2 Å². The predicted molar refractivity (Wildman–Crippen MR) is 102 cm³/mol. The second kappa shape index (κ2) is 6.79. The van der Waals surface area contributed by atoms with E-state index >= 15 is 0 Å². The molecule has 0 aliphatic carbocycles. The highest BCUT2D eigenvalue weighted by molar-refractivity contribution is 7.89. The van der Waals surface area contributed by atoms with Crippen LogP contribution in [0.5, 0.6) is 0 Å². The first-order valence-electron chi connectivity index (χ1n) is 8.29. The van der Waals surface area contributed by atoms with Crippen molar-refractivity contribution in [2.24, 2.45) is 0 Å². The van der Waals surface area contributed by atoms with Gasteiger partial charge in [0.1, 0.15) is 6.04 Å². The Morgan fingerprint density at radius 3 is 2.62 bits per heavy atom. The van der Waals surface area contributed by atoms with Gasteiger partial charge in [-0.1, -0.05) is 41.7 Å². The molecule has 8 heteroatoms. The number of carbonyl (C=O) groups excluding carboxylic acids is 1. The van der Waals surface area contributed by atoms with E-state index in [-0.39, 0.29) is 10.8 Å². The van der Waals surface area contributed by atoms with Gasteiger partial charge < -0.3 is 5.32 Å². The van der Waals surface area contributed by atoms with Crippen molar-refractivity contribution in [2.75, 3.05) is 11.9 Å². The van der Waals surface area contributed by atoms with Gasteiger partial charge in [0.15, 0.2) is 5.13 Å². The van der Waals surface area contributed by atoms with Crippen LogP contribution in [0.2, 0.25) is 0 Å². The molecule has 6 nitrogen and oxygen atoms in total. The normalized spacial score (nSPS) is 18.2. The minimum atomic E-state index is -3.69. The van der Waals surface area contributed by atoms with E-state index in [0.29, 0.717) is 24.5 Å². The number of nitrogens with one attached hydrogen (secondary N) is 1. The zero-order valence-electron chi connectivity index (χ0n) is 13.8. The van der Waals surface area contributed by atoms with Gasteiger partial charge in [-0.2, -0.15) is 4.31 Å². The third-order valence-corrected chi connectivity index (χ3v) is 7.25. The van der Waals surface area contributed by atoms with Crippen molar-refractivity contribution in [3.63, 3.8) is 0 Å². The van der Waals surface area contributed by atoms with E-state index < -0.39 is 16.1 Å². The van der Waals surface area contributed by atoms with Crippen LogP contribution in [0.25, 0.3) is 10.2 Å². The number of rotatable bonds is 4. The molecule has 2 aromatic carbocycles. The minimum absolute atomic E-state index is 0.208. The molecule has 1 aliphatic heterocycles. The number of aromatic nitrogens is 1. The second-order valence-corrected chi connectivity index (χ2v) is 8.98. The molecule has 1 aromatic heterocycles. The molecule has 1 amide bonds. The molecule has 0 saturated carbocycles. The van der Waals surface area contributed by atoms with Gasteiger partial charge in [0.2, 0.25) is 15.9 Å². The number of fused-ring (bicyclic) bond motifs is 1. The topological polar surface area (TPSA) is 79.4 Å². The zero-order valence-corrected chi connectivity index (χ0v) is 15.5. The first-order valence-corrected chi connectivity index (χ1v) is 10.5. The molecule has 26 heavy (non-hydrogen) atoms. The van der Waals surface area contributed by atoms with Crippen LogP contribution in [-0.4, -0.2) is 36.2 Å². The fraction of sp³-hybridized carbons (Fsp3) is 0.222. The number of nitrogens with zero attached hydrogens (tertiary/aromatic N) is 2. The van der Waals surface area contributed by atoms with Crippen LogP contribution in [0.1, 0.15) is 12.8 Å². The summed E-state index contributed by atoms with van der Waals surface area (Å²) in [5, 5.41) is 3.28. The average molecular weight is 387 g/mol. The number of sulfonamides is 1. The van der Waals surface area contributed by atoms with Crippen molar-refractivity contribution in [2.45, 2.75) is 23.8 Å². The molecule has 4 rings (SSSR count). The van der Waals surface area contributed by atoms with Crippen LogP contribution in [0.15, 0.2) is 59.5 Å². The summed E-state index contributed by atoms with van der Waals surface area (Å²) in [6.45, 7) is 0.342. The lowest BCUT2D eigenvalue weighted by atomic mass is 10.2. The molecule has 1 N–H and O–H groups in total. The quantitative estimate of drug-likeness (QED) is 0.746. The van der Waals surface area contributed by atoms with Crippen molar-refractivity contribution >= 4 is 42.6 Å². The molecule has 0 radical (unpaired) electrons. The number of benzene rings is 2. The molecular formula is C18H17N3O3S2. The summed E-state index contributed by atoms with van der Waals surface area (Å²) in [5.41, 5.74) is 0.813. The molecule has 0 spiro atoms. The van der Waals surface area contributed by atoms with Crippen molar-refractivity contribution < 1.29 is 13.2 Å². The number of anilines is 1. The van der Waals surface area contributed by atoms with Crippen LogP contribution in [0.4, 0.5) is 5.13 Å². The van der Waals surface area contributed by atoms with E-state index in [1.807, 2.05) is 24.3 Å². The van der Waals surface area contributed by atoms with Gasteiger partial charge in [0.25, 0.3) is 0 Å². The van der Waals surface area contributed by atoms with Gasteiger partial charge >= 0.3 is 0 Å². The van der Waals surface area contributed by atoms with Crippen LogP contribution in [-0.2, 0) is 14.8 Å². The molecule has 0 unspecified atom stereocenters. The lowest BCUT2D eigenvalue weighted by Gasteiger charge is -2.22. The number of carbonyl (C=O) groups is 1. The van der Waals surface area contributed by atoms with Crippen molar-refractivity contribution in [3.05, 3.63) is 54.6 Å². The van der Waals surface area contributed by atoms with Crippen molar-refractivity contribution in [1.82, 2.24) is 9.29 Å². The van der Waals surface area contributed by atoms with Crippen LogP contribution >= 0.6 is 11.3 Å². The number of amides is 1. The lowest BCUT2D eigenvalue weighted by Crippen LogP contribution is -2.43. The third kappa shape index (κ3) is 3.11. The molecule has 1 atom stereocenters. The molecule has 2 heterocycles. The van der Waals surface area contributed by atoms with E-state index in [0.717, 1.165) is 10.2 Å². The molecule has 3 aromatic rings. The van der Waals surface area contributed by atoms with E-state index in [4.69, 9.17) is 0 Å². The number of hydrogen-bond acceptors (Lipinski definition) is 5. The Labute approximate surface area is 155 Å². The van der Waals surface area contributed by atoms with Crippen molar-refractivity contribution in [1.29, 1.82) is 0 Å². The molecule has 1 saturated heterocycles. The maximum atomic E-state index is 12.9. The Balaban J connectivity index is 1.57. The number of para-hydroxylation sites is 1. The van der Waals surface area contributed by atoms with Crippen LogP contribution in [0.3, 0.4) is 0 Å². The Morgan fingerprint density at radius 1 is 1.12 bits per heavy atom. The maximum Gasteiger partial charge on any atom is 0.244 e. The summed E-state index contributed by atoms with van der Waals surface area (Å²) in [6, 6.07) is 15.1. The second-order valence-electron chi connectivity index (χ2n) is 6.06. The first-order chi connectivity index (χ1) is 12.6. The zero-order chi connectivity index (χ0) is 18.1. The Bertz CT molecular complexity index is 1010. The molecular weight excluding hydrogens is 370 g/mol. The summed E-state index contributed by atoms with van der Waals surface area (Å²) < 4.78 is 28.0. The molecule has 0 bridgehead atoms. The fourth-order valence-electron chi connectivity index (χ4n) is 3.13. The Kier molecular flexibility index (Phi) is 4.47. The maximum absolute atomic E-state index is 12.9. The molecule has 134 valence electrons. The average Bonchev–Trinajstić information content (AvgIpc) is 3.29. The van der Waals surface area contributed by atoms with Gasteiger partial charge in [-0.3, -0.25) is 4.79 Å². The monoisotopic (exact) mass is 387 g/mol. The highest BCUT2D eigenvalue weighted by Crippen LogP contribution is 2.29. The van der Waals surface area contributed by atoms with Crippen LogP contribution < -0.4 is 5.32 Å². The minimum Gasteiger partial charge on any atom is -0.301 e. The van der Waals surface area contributed by atoms with Gasteiger partial charge in [-0.15, -0.1) is 0 Å². The summed E-state index contributed by atoms with van der Waals surface area (Å²) in [6.07, 6.45) is 1.16. The van der Waals surface area contributed by atoms with Gasteiger partial charge in [0, 0.05) is 6.54 Å². The summed E-state index contributed by atoms with van der Waals surface area (Å²) in [4.78, 5) is 17.3. The summed E-state index contributed by atoms with van der Waals surface area (Å²) in [5.74, 6) is -0.332. The SMILES string of the molecule is O=C(Nc1nc2ccccc2s1)[C@H]1CCCN1S(=O)(=O)c1ccccc1. The van der Waals surface area contributed by atoms with E-state index in [2.05, 4.69) is 10.3 Å². The molecule has 1 fully saturated rings. The third-order valence-electron chi connectivity index (χ3n) is 4.38.